The molecule has 0 aliphatic carbocycles. The summed E-state index contributed by atoms with van der Waals surface area (Å²) >= 11 is 0. The molecular formula is C17H20FN5O2. The van der Waals surface area contributed by atoms with Gasteiger partial charge in [0.15, 0.2) is 0 Å². The van der Waals surface area contributed by atoms with Crippen LogP contribution in [0.25, 0.3) is 0 Å². The minimum atomic E-state index is -0.380. The molecule has 1 amide bonds. The van der Waals surface area contributed by atoms with Crippen LogP contribution in [-0.4, -0.2) is 60.2 Å². The summed E-state index contributed by atoms with van der Waals surface area (Å²) in [7, 11) is 0. The molecule has 0 bridgehead atoms. The number of carbonyl (C=O) groups excluding carboxylic acids is 1. The standard InChI is InChI=1S/C17H20FN5O2/c18-13-3-1-2-4-14(13)22-16-12-20-15(11-21-16)17(24)19-5-6-23-7-9-25-10-8-23/h1-4,11-12H,5-10H2,(H,19,24)(H,21,22). The SMILES string of the molecule is O=C(NCCN1CCOCC1)c1cnc(Nc2ccccc2F)cn1. The molecule has 132 valence electrons. The van der Waals surface area contributed by atoms with Crippen LogP contribution in [0.3, 0.4) is 0 Å². The first kappa shape index (κ1) is 17.2. The topological polar surface area (TPSA) is 79.4 Å². The molecule has 8 heteroatoms. The smallest absolute Gasteiger partial charge is 0.271 e. The zero-order chi connectivity index (χ0) is 17.5. The second-order valence-electron chi connectivity index (χ2n) is 5.60. The summed E-state index contributed by atoms with van der Waals surface area (Å²) in [4.78, 5) is 22.5. The van der Waals surface area contributed by atoms with Crippen molar-refractivity contribution >= 4 is 17.4 Å². The van der Waals surface area contributed by atoms with Gasteiger partial charge in [-0.25, -0.2) is 14.4 Å². The molecule has 1 aliphatic heterocycles. The molecule has 2 heterocycles. The molecule has 1 saturated heterocycles. The highest BCUT2D eigenvalue weighted by Gasteiger charge is 2.12. The number of ether oxygens (including phenoxy) is 1. The Balaban J connectivity index is 1.49. The van der Waals surface area contributed by atoms with Crippen molar-refractivity contribution in [1.29, 1.82) is 0 Å². The predicted molar refractivity (Wildman–Crippen MR) is 91.3 cm³/mol. The molecule has 25 heavy (non-hydrogen) atoms. The Kier molecular flexibility index (Phi) is 5.86. The molecule has 7 nitrogen and oxygen atoms in total. The number of amides is 1. The molecular weight excluding hydrogens is 325 g/mol. The van der Waals surface area contributed by atoms with Crippen LogP contribution in [0.4, 0.5) is 15.9 Å². The lowest BCUT2D eigenvalue weighted by Gasteiger charge is -2.26. The third kappa shape index (κ3) is 4.94. The number of hydrogen-bond donors (Lipinski definition) is 2. The molecule has 0 unspecified atom stereocenters. The van der Waals surface area contributed by atoms with E-state index in [0.29, 0.717) is 18.1 Å². The molecule has 2 N–H and O–H groups in total. The number of carbonyl (C=O) groups is 1. The van der Waals surface area contributed by atoms with Crippen molar-refractivity contribution in [1.82, 2.24) is 20.2 Å². The second-order valence-corrected chi connectivity index (χ2v) is 5.60. The molecule has 1 aromatic carbocycles. The van der Waals surface area contributed by atoms with Gasteiger partial charge in [-0.1, -0.05) is 12.1 Å². The quantitative estimate of drug-likeness (QED) is 0.824. The van der Waals surface area contributed by atoms with Crippen molar-refractivity contribution in [2.75, 3.05) is 44.7 Å². The summed E-state index contributed by atoms with van der Waals surface area (Å²) in [6, 6.07) is 6.28. The minimum Gasteiger partial charge on any atom is -0.379 e. The summed E-state index contributed by atoms with van der Waals surface area (Å²) in [5.74, 6) is -0.289. The van der Waals surface area contributed by atoms with Crippen LogP contribution in [0.5, 0.6) is 0 Å². The van der Waals surface area contributed by atoms with Gasteiger partial charge in [-0.2, -0.15) is 0 Å². The summed E-state index contributed by atoms with van der Waals surface area (Å²) in [6.07, 6.45) is 2.77. The molecule has 0 saturated carbocycles. The van der Waals surface area contributed by atoms with Crippen molar-refractivity contribution in [3.05, 3.63) is 48.2 Å². The maximum absolute atomic E-state index is 13.6. The van der Waals surface area contributed by atoms with Crippen molar-refractivity contribution in [3.8, 4) is 0 Å². The van der Waals surface area contributed by atoms with Crippen LogP contribution >= 0.6 is 0 Å². The molecule has 1 aromatic heterocycles. The Bertz CT molecular complexity index is 704. The maximum atomic E-state index is 13.6. The van der Waals surface area contributed by atoms with Gasteiger partial charge in [0.25, 0.3) is 5.91 Å². The molecule has 1 fully saturated rings. The monoisotopic (exact) mass is 345 g/mol. The lowest BCUT2D eigenvalue weighted by Crippen LogP contribution is -2.41. The third-order valence-electron chi connectivity index (χ3n) is 3.84. The molecule has 2 aromatic rings. The zero-order valence-corrected chi connectivity index (χ0v) is 13.7. The van der Waals surface area contributed by atoms with Gasteiger partial charge in [0, 0.05) is 26.2 Å². The summed E-state index contributed by atoms with van der Waals surface area (Å²) < 4.78 is 18.9. The highest BCUT2D eigenvalue weighted by molar-refractivity contribution is 5.92. The van der Waals surface area contributed by atoms with Crippen molar-refractivity contribution in [2.45, 2.75) is 0 Å². The number of rotatable bonds is 6. The van der Waals surface area contributed by atoms with E-state index >= 15 is 0 Å². The zero-order valence-electron chi connectivity index (χ0n) is 13.7. The Labute approximate surface area is 145 Å². The molecule has 0 atom stereocenters. The largest absolute Gasteiger partial charge is 0.379 e. The Hall–Kier alpha value is -2.58. The predicted octanol–water partition coefficient (Wildman–Crippen LogP) is 1.42. The third-order valence-corrected chi connectivity index (χ3v) is 3.84. The van der Waals surface area contributed by atoms with Gasteiger partial charge in [0.2, 0.25) is 0 Å². The van der Waals surface area contributed by atoms with Gasteiger partial charge in [-0.15, -0.1) is 0 Å². The van der Waals surface area contributed by atoms with Crippen LogP contribution in [-0.2, 0) is 4.74 Å². The second kappa shape index (κ2) is 8.50. The maximum Gasteiger partial charge on any atom is 0.271 e. The first-order valence-corrected chi connectivity index (χ1v) is 8.14. The van der Waals surface area contributed by atoms with E-state index in [2.05, 4.69) is 25.5 Å². The van der Waals surface area contributed by atoms with Gasteiger partial charge >= 0.3 is 0 Å². The van der Waals surface area contributed by atoms with Crippen LogP contribution in [0.2, 0.25) is 0 Å². The summed E-state index contributed by atoms with van der Waals surface area (Å²) in [6.45, 7) is 4.54. The number of nitrogens with zero attached hydrogens (tertiary/aromatic N) is 3. The van der Waals surface area contributed by atoms with E-state index in [1.165, 1.54) is 18.5 Å². The number of benzene rings is 1. The van der Waals surface area contributed by atoms with E-state index in [1.54, 1.807) is 18.2 Å². The first-order valence-electron chi connectivity index (χ1n) is 8.14. The van der Waals surface area contributed by atoms with Gasteiger partial charge in [0.1, 0.15) is 17.3 Å². The molecule has 1 aliphatic rings. The summed E-state index contributed by atoms with van der Waals surface area (Å²) in [5, 5.41) is 5.65. The number of aromatic nitrogens is 2. The van der Waals surface area contributed by atoms with E-state index in [0.717, 1.165) is 32.8 Å². The van der Waals surface area contributed by atoms with E-state index in [1.807, 2.05) is 0 Å². The Morgan fingerprint density at radius 1 is 1.20 bits per heavy atom. The number of para-hydroxylation sites is 1. The highest BCUT2D eigenvalue weighted by Crippen LogP contribution is 2.17. The fraction of sp³-hybridized carbons (Fsp3) is 0.353. The fourth-order valence-corrected chi connectivity index (χ4v) is 2.45. The number of nitrogens with one attached hydrogen (secondary N) is 2. The minimum absolute atomic E-state index is 0.223. The lowest BCUT2D eigenvalue weighted by atomic mass is 10.3. The lowest BCUT2D eigenvalue weighted by molar-refractivity contribution is 0.0383. The Morgan fingerprint density at radius 2 is 2.00 bits per heavy atom. The van der Waals surface area contributed by atoms with Crippen LogP contribution in [0.15, 0.2) is 36.7 Å². The van der Waals surface area contributed by atoms with E-state index < -0.39 is 0 Å². The average molecular weight is 345 g/mol. The normalized spacial score (nSPS) is 14.9. The number of anilines is 2. The molecule has 0 radical (unpaired) electrons. The van der Waals surface area contributed by atoms with Gasteiger partial charge < -0.3 is 15.4 Å². The first-order chi connectivity index (χ1) is 12.2. The van der Waals surface area contributed by atoms with Gasteiger partial charge in [0.05, 0.1) is 31.3 Å². The highest BCUT2D eigenvalue weighted by atomic mass is 19.1. The number of halogens is 1. The van der Waals surface area contributed by atoms with Crippen molar-refractivity contribution < 1.29 is 13.9 Å². The van der Waals surface area contributed by atoms with Crippen LogP contribution < -0.4 is 10.6 Å². The number of morpholine rings is 1. The van der Waals surface area contributed by atoms with Crippen molar-refractivity contribution in [3.63, 3.8) is 0 Å². The van der Waals surface area contributed by atoms with E-state index in [9.17, 15) is 9.18 Å². The van der Waals surface area contributed by atoms with E-state index in [4.69, 9.17) is 4.74 Å². The van der Waals surface area contributed by atoms with Gasteiger partial charge in [-0.3, -0.25) is 9.69 Å². The van der Waals surface area contributed by atoms with Gasteiger partial charge in [-0.05, 0) is 12.1 Å². The van der Waals surface area contributed by atoms with Crippen LogP contribution in [0, 0.1) is 5.82 Å². The van der Waals surface area contributed by atoms with E-state index in [-0.39, 0.29) is 17.4 Å². The van der Waals surface area contributed by atoms with Crippen molar-refractivity contribution in [2.24, 2.45) is 0 Å². The van der Waals surface area contributed by atoms with Crippen LogP contribution in [0.1, 0.15) is 10.5 Å². The fourth-order valence-electron chi connectivity index (χ4n) is 2.45. The number of hydrogen-bond acceptors (Lipinski definition) is 6. The molecule has 0 spiro atoms. The Morgan fingerprint density at radius 3 is 2.72 bits per heavy atom. The average Bonchev–Trinajstić information content (AvgIpc) is 2.65. The summed E-state index contributed by atoms with van der Waals surface area (Å²) in [5.41, 5.74) is 0.528. The molecule has 3 rings (SSSR count).